The van der Waals surface area contributed by atoms with E-state index in [9.17, 15) is 9.59 Å². The number of hydrogen-bond acceptors (Lipinski definition) is 3. The maximum atomic E-state index is 12.7. The molecule has 6 heteroatoms. The molecule has 1 rings (SSSR count). The second kappa shape index (κ2) is 10.1. The van der Waals surface area contributed by atoms with Crippen LogP contribution in [0, 0.1) is 13.8 Å². The summed E-state index contributed by atoms with van der Waals surface area (Å²) in [6, 6.07) is 1.77. The zero-order valence-corrected chi connectivity index (χ0v) is 15.7. The lowest BCUT2D eigenvalue weighted by Crippen LogP contribution is -3.06. The highest BCUT2D eigenvalue weighted by molar-refractivity contribution is 5.95. The molecule has 0 saturated heterocycles. The first kappa shape index (κ1) is 20.2. The first-order valence-electron chi connectivity index (χ1n) is 8.77. The molecule has 0 radical (unpaired) electrons. The number of quaternary nitrogens is 1. The number of carbonyl (C=O) groups is 2. The van der Waals surface area contributed by atoms with E-state index in [1.807, 2.05) is 21.0 Å². The standard InChI is InChI=1S/C18H31N3O3/c1-6-7-10-21(11-8-17(22)19-9-12-20(4)5)18(23)16-13-14(2)24-15(16)3/h13H,6-12H2,1-5H3,(H,19,22)/p+1. The SMILES string of the molecule is CCCCN(CCC(=O)NCC[NH+](C)C)C(=O)c1cc(C)oc1C. The maximum absolute atomic E-state index is 12.7. The zero-order chi connectivity index (χ0) is 18.1. The van der Waals surface area contributed by atoms with Gasteiger partial charge < -0.3 is 19.5 Å². The van der Waals surface area contributed by atoms with E-state index in [1.165, 1.54) is 4.90 Å². The topological polar surface area (TPSA) is 67.0 Å². The summed E-state index contributed by atoms with van der Waals surface area (Å²) in [5.41, 5.74) is 0.597. The number of carbonyl (C=O) groups excluding carboxylic acids is 2. The van der Waals surface area contributed by atoms with Gasteiger partial charge in [0, 0.05) is 19.5 Å². The summed E-state index contributed by atoms with van der Waals surface area (Å²) in [7, 11) is 4.10. The van der Waals surface area contributed by atoms with Crippen molar-refractivity contribution < 1.29 is 18.9 Å². The van der Waals surface area contributed by atoms with Gasteiger partial charge in [-0.3, -0.25) is 9.59 Å². The lowest BCUT2D eigenvalue weighted by molar-refractivity contribution is -0.856. The summed E-state index contributed by atoms with van der Waals surface area (Å²) in [6.07, 6.45) is 2.26. The normalized spacial score (nSPS) is 10.9. The van der Waals surface area contributed by atoms with Gasteiger partial charge in [0.05, 0.1) is 32.7 Å². The van der Waals surface area contributed by atoms with Crippen molar-refractivity contribution in [2.75, 3.05) is 40.3 Å². The first-order chi connectivity index (χ1) is 11.3. The Morgan fingerprint density at radius 2 is 1.96 bits per heavy atom. The van der Waals surface area contributed by atoms with Crippen LogP contribution in [0.15, 0.2) is 10.5 Å². The fraction of sp³-hybridized carbons (Fsp3) is 0.667. The van der Waals surface area contributed by atoms with Gasteiger partial charge in [0.2, 0.25) is 5.91 Å². The summed E-state index contributed by atoms with van der Waals surface area (Å²) in [5, 5.41) is 2.90. The van der Waals surface area contributed by atoms with Gasteiger partial charge in [0.25, 0.3) is 5.91 Å². The number of nitrogens with zero attached hydrogens (tertiary/aromatic N) is 1. The van der Waals surface area contributed by atoms with E-state index < -0.39 is 0 Å². The van der Waals surface area contributed by atoms with E-state index in [0.717, 1.165) is 25.1 Å². The van der Waals surface area contributed by atoms with Gasteiger partial charge >= 0.3 is 0 Å². The van der Waals surface area contributed by atoms with Crippen molar-refractivity contribution in [3.05, 3.63) is 23.2 Å². The smallest absolute Gasteiger partial charge is 0.257 e. The number of aryl methyl sites for hydroxylation is 2. The minimum absolute atomic E-state index is 0.00866. The van der Waals surface area contributed by atoms with E-state index in [4.69, 9.17) is 4.42 Å². The average Bonchev–Trinajstić information content (AvgIpc) is 2.85. The molecular weight excluding hydrogens is 306 g/mol. The molecule has 0 unspecified atom stereocenters. The third-order valence-corrected chi connectivity index (χ3v) is 3.90. The summed E-state index contributed by atoms with van der Waals surface area (Å²) in [6.45, 7) is 8.36. The number of amides is 2. The number of unbranched alkanes of at least 4 members (excludes halogenated alkanes) is 1. The molecule has 6 nitrogen and oxygen atoms in total. The highest BCUT2D eigenvalue weighted by Gasteiger charge is 2.20. The number of nitrogens with one attached hydrogen (secondary N) is 2. The molecule has 0 fully saturated rings. The van der Waals surface area contributed by atoms with Crippen molar-refractivity contribution in [1.29, 1.82) is 0 Å². The van der Waals surface area contributed by atoms with Gasteiger partial charge in [-0.2, -0.15) is 0 Å². The van der Waals surface area contributed by atoms with Crippen molar-refractivity contribution in [2.45, 2.75) is 40.0 Å². The summed E-state index contributed by atoms with van der Waals surface area (Å²) < 4.78 is 5.46. The molecule has 0 aliphatic carbocycles. The summed E-state index contributed by atoms with van der Waals surface area (Å²) in [5.74, 6) is 1.31. The third kappa shape index (κ3) is 6.74. The van der Waals surface area contributed by atoms with Gasteiger partial charge in [-0.25, -0.2) is 0 Å². The van der Waals surface area contributed by atoms with Crippen LogP contribution in [0.2, 0.25) is 0 Å². The fourth-order valence-electron chi connectivity index (χ4n) is 2.45. The van der Waals surface area contributed by atoms with Crippen LogP contribution in [0.1, 0.15) is 48.1 Å². The van der Waals surface area contributed by atoms with Crippen LogP contribution in [-0.4, -0.2) is 57.0 Å². The van der Waals surface area contributed by atoms with Crippen LogP contribution < -0.4 is 10.2 Å². The minimum Gasteiger partial charge on any atom is -0.466 e. The second-order valence-electron chi connectivity index (χ2n) is 6.53. The zero-order valence-electron chi connectivity index (χ0n) is 15.7. The predicted molar refractivity (Wildman–Crippen MR) is 94.3 cm³/mol. The molecule has 136 valence electrons. The number of likely N-dealkylation sites (N-methyl/N-ethyl adjacent to an activating group) is 1. The van der Waals surface area contributed by atoms with Crippen LogP contribution in [0.25, 0.3) is 0 Å². The van der Waals surface area contributed by atoms with Crippen molar-refractivity contribution in [3.8, 4) is 0 Å². The Morgan fingerprint density at radius 1 is 1.25 bits per heavy atom. The highest BCUT2D eigenvalue weighted by atomic mass is 16.3. The van der Waals surface area contributed by atoms with E-state index in [0.29, 0.717) is 37.4 Å². The molecule has 24 heavy (non-hydrogen) atoms. The molecule has 1 aromatic heterocycles. The summed E-state index contributed by atoms with van der Waals surface area (Å²) >= 11 is 0. The molecule has 2 N–H and O–H groups in total. The lowest BCUT2D eigenvalue weighted by atomic mass is 10.2. The highest BCUT2D eigenvalue weighted by Crippen LogP contribution is 2.16. The summed E-state index contributed by atoms with van der Waals surface area (Å²) in [4.78, 5) is 27.7. The van der Waals surface area contributed by atoms with Gasteiger partial charge in [0.15, 0.2) is 0 Å². The molecule has 2 amide bonds. The average molecular weight is 338 g/mol. The molecule has 0 atom stereocenters. The molecule has 0 saturated carbocycles. The van der Waals surface area contributed by atoms with Gasteiger partial charge in [-0.05, 0) is 26.3 Å². The van der Waals surface area contributed by atoms with E-state index >= 15 is 0 Å². The van der Waals surface area contributed by atoms with Gasteiger partial charge in [-0.1, -0.05) is 13.3 Å². The maximum Gasteiger partial charge on any atom is 0.257 e. The largest absolute Gasteiger partial charge is 0.466 e. The second-order valence-corrected chi connectivity index (χ2v) is 6.53. The van der Waals surface area contributed by atoms with Gasteiger partial charge in [0.1, 0.15) is 11.5 Å². The van der Waals surface area contributed by atoms with Crippen molar-refractivity contribution in [2.24, 2.45) is 0 Å². The van der Waals surface area contributed by atoms with E-state index in [1.54, 1.807) is 17.9 Å². The third-order valence-electron chi connectivity index (χ3n) is 3.90. The van der Waals surface area contributed by atoms with E-state index in [-0.39, 0.29) is 11.8 Å². The Hall–Kier alpha value is -1.82. The van der Waals surface area contributed by atoms with Crippen molar-refractivity contribution >= 4 is 11.8 Å². The molecule has 1 aromatic rings. The Morgan fingerprint density at radius 3 is 2.50 bits per heavy atom. The Kier molecular flexibility index (Phi) is 8.54. The van der Waals surface area contributed by atoms with Crippen LogP contribution in [0.4, 0.5) is 0 Å². The Labute approximate surface area is 145 Å². The minimum atomic E-state index is -0.0525. The number of rotatable bonds is 10. The van der Waals surface area contributed by atoms with Crippen LogP contribution in [0.5, 0.6) is 0 Å². The molecule has 0 aromatic carbocycles. The quantitative estimate of drug-likeness (QED) is 0.663. The first-order valence-corrected chi connectivity index (χ1v) is 8.77. The number of hydrogen-bond donors (Lipinski definition) is 2. The monoisotopic (exact) mass is 338 g/mol. The molecule has 0 bridgehead atoms. The molecule has 0 aliphatic heterocycles. The van der Waals surface area contributed by atoms with Crippen molar-refractivity contribution in [1.82, 2.24) is 10.2 Å². The molecule has 0 aliphatic rings. The Bertz CT molecular complexity index is 538. The predicted octanol–water partition coefficient (Wildman–Crippen LogP) is 0.790. The van der Waals surface area contributed by atoms with E-state index in [2.05, 4.69) is 12.2 Å². The van der Waals surface area contributed by atoms with Crippen LogP contribution in [0.3, 0.4) is 0 Å². The lowest BCUT2D eigenvalue weighted by Gasteiger charge is -2.22. The van der Waals surface area contributed by atoms with Gasteiger partial charge in [-0.15, -0.1) is 0 Å². The molecule has 1 heterocycles. The fourth-order valence-corrected chi connectivity index (χ4v) is 2.45. The number of furan rings is 1. The van der Waals surface area contributed by atoms with Crippen molar-refractivity contribution in [3.63, 3.8) is 0 Å². The van der Waals surface area contributed by atoms with Crippen LogP contribution in [-0.2, 0) is 4.79 Å². The Balaban J connectivity index is 2.60. The van der Waals surface area contributed by atoms with Crippen LogP contribution >= 0.6 is 0 Å². The molecular formula is C18H32N3O3+. The molecule has 0 spiro atoms.